The van der Waals surface area contributed by atoms with Crippen molar-refractivity contribution in [1.82, 2.24) is 9.97 Å². The molecule has 0 saturated carbocycles. The van der Waals surface area contributed by atoms with Crippen LogP contribution in [0.15, 0.2) is 46.2 Å². The van der Waals surface area contributed by atoms with Crippen molar-refractivity contribution < 1.29 is 22.6 Å². The monoisotopic (exact) mass is 497 g/mol. The Morgan fingerprint density at radius 2 is 1.83 bits per heavy atom. The van der Waals surface area contributed by atoms with E-state index >= 15 is 0 Å². The van der Waals surface area contributed by atoms with E-state index in [2.05, 4.69) is 9.97 Å². The number of alkyl halides is 3. The number of H-pyrrole nitrogens is 1. The molecular formula is C27H26F3N3O3. The van der Waals surface area contributed by atoms with E-state index in [4.69, 9.17) is 14.5 Å². The van der Waals surface area contributed by atoms with E-state index in [0.717, 1.165) is 35.7 Å². The average molecular weight is 498 g/mol. The molecule has 1 aromatic heterocycles. The highest BCUT2D eigenvalue weighted by Gasteiger charge is 2.34. The lowest BCUT2D eigenvalue weighted by atomic mass is 9.79. The van der Waals surface area contributed by atoms with Crippen LogP contribution < -0.4 is 15.0 Å². The maximum absolute atomic E-state index is 13.4. The van der Waals surface area contributed by atoms with Crippen molar-refractivity contribution in [3.8, 4) is 11.5 Å². The molecule has 0 amide bonds. The molecular weight excluding hydrogens is 471 g/mol. The van der Waals surface area contributed by atoms with Gasteiger partial charge in [0.25, 0.3) is 5.56 Å². The van der Waals surface area contributed by atoms with Crippen LogP contribution in [0.2, 0.25) is 0 Å². The van der Waals surface area contributed by atoms with Crippen molar-refractivity contribution in [2.45, 2.75) is 38.3 Å². The molecule has 0 fully saturated rings. The number of ether oxygens (including phenoxy) is 2. The van der Waals surface area contributed by atoms with Gasteiger partial charge in [0.05, 0.1) is 25.5 Å². The number of aromatic amines is 1. The quantitative estimate of drug-likeness (QED) is 0.561. The fourth-order valence-electron chi connectivity index (χ4n) is 5.22. The molecule has 0 bridgehead atoms. The molecule has 9 heteroatoms. The van der Waals surface area contributed by atoms with Gasteiger partial charge in [-0.15, -0.1) is 0 Å². The molecule has 3 aromatic rings. The Hall–Kier alpha value is -3.62. The minimum Gasteiger partial charge on any atom is -0.493 e. The number of aryl methyl sites for hydroxylation is 1. The van der Waals surface area contributed by atoms with Gasteiger partial charge in [-0.2, -0.15) is 13.2 Å². The van der Waals surface area contributed by atoms with Crippen LogP contribution in [0.3, 0.4) is 0 Å². The maximum atomic E-state index is 13.4. The van der Waals surface area contributed by atoms with Crippen LogP contribution in [0, 0.1) is 5.92 Å². The third kappa shape index (κ3) is 4.50. The van der Waals surface area contributed by atoms with E-state index in [0.29, 0.717) is 42.1 Å². The average Bonchev–Trinajstić information content (AvgIpc) is 2.87. The second kappa shape index (κ2) is 9.44. The summed E-state index contributed by atoms with van der Waals surface area (Å²) in [5, 5.41) is 0. The second-order valence-corrected chi connectivity index (χ2v) is 9.09. The fraction of sp³-hybridized carbons (Fsp3) is 0.370. The largest absolute Gasteiger partial charge is 0.493 e. The number of rotatable bonds is 5. The minimum atomic E-state index is -4.47. The standard InChI is InChI=1S/C27H26F3N3O3/c1-35-22-12-15-9-10-31-25(18(15)14-23(22)36-2)17-7-8-21-19(11-17)26(34)33-24(32-21)13-16-5-3-4-6-20(16)27(28,29)30/h3-6,12,14,17H,7-11,13H2,1-2H3,(H,32,33,34). The molecule has 2 aromatic carbocycles. The molecule has 1 aliphatic carbocycles. The van der Waals surface area contributed by atoms with Gasteiger partial charge in [0.1, 0.15) is 5.82 Å². The van der Waals surface area contributed by atoms with Gasteiger partial charge < -0.3 is 14.5 Å². The number of nitrogens with zero attached hydrogens (tertiary/aromatic N) is 2. The van der Waals surface area contributed by atoms with Crippen molar-refractivity contribution in [2.24, 2.45) is 10.9 Å². The molecule has 0 radical (unpaired) electrons. The first-order valence-corrected chi connectivity index (χ1v) is 11.8. The number of methoxy groups -OCH3 is 2. The van der Waals surface area contributed by atoms with Gasteiger partial charge in [-0.1, -0.05) is 18.2 Å². The lowest BCUT2D eigenvalue weighted by molar-refractivity contribution is -0.138. The summed E-state index contributed by atoms with van der Waals surface area (Å²) in [6.45, 7) is 0.660. The van der Waals surface area contributed by atoms with Crippen LogP contribution in [0.5, 0.6) is 11.5 Å². The Bertz CT molecular complexity index is 1400. The fourth-order valence-corrected chi connectivity index (χ4v) is 5.22. The number of halogens is 3. The molecule has 1 aliphatic heterocycles. The van der Waals surface area contributed by atoms with Crippen molar-refractivity contribution in [1.29, 1.82) is 0 Å². The topological polar surface area (TPSA) is 76.6 Å². The van der Waals surface area contributed by atoms with Gasteiger partial charge in [-0.25, -0.2) is 4.98 Å². The van der Waals surface area contributed by atoms with E-state index in [1.165, 1.54) is 12.1 Å². The molecule has 5 rings (SSSR count). The number of aliphatic imine (C=N–C) groups is 1. The second-order valence-electron chi connectivity index (χ2n) is 9.09. The lowest BCUT2D eigenvalue weighted by Gasteiger charge is -2.29. The molecule has 6 nitrogen and oxygen atoms in total. The molecule has 0 spiro atoms. The SMILES string of the molecule is COc1cc2c(cc1OC)C(C1CCc3nc(Cc4ccccc4C(F)(F)F)[nH]c(=O)c3C1)=NCC2. The Morgan fingerprint density at radius 3 is 2.58 bits per heavy atom. The molecule has 1 atom stereocenters. The van der Waals surface area contributed by atoms with Gasteiger partial charge in [0.15, 0.2) is 11.5 Å². The highest BCUT2D eigenvalue weighted by atomic mass is 19.4. The first-order valence-electron chi connectivity index (χ1n) is 11.8. The zero-order chi connectivity index (χ0) is 25.4. The van der Waals surface area contributed by atoms with Crippen molar-refractivity contribution in [3.05, 3.63) is 86.1 Å². The third-order valence-corrected chi connectivity index (χ3v) is 6.95. The van der Waals surface area contributed by atoms with E-state index in [1.807, 2.05) is 12.1 Å². The van der Waals surface area contributed by atoms with E-state index in [9.17, 15) is 18.0 Å². The Balaban J connectivity index is 1.42. The smallest absolute Gasteiger partial charge is 0.416 e. The maximum Gasteiger partial charge on any atom is 0.416 e. The minimum absolute atomic E-state index is 0.0364. The van der Waals surface area contributed by atoms with E-state index < -0.39 is 11.7 Å². The summed E-state index contributed by atoms with van der Waals surface area (Å²) in [7, 11) is 3.20. The number of hydrogen-bond acceptors (Lipinski definition) is 5. The Kier molecular flexibility index (Phi) is 6.32. The predicted octanol–water partition coefficient (Wildman–Crippen LogP) is 4.55. The summed E-state index contributed by atoms with van der Waals surface area (Å²) in [6, 6.07) is 9.31. The summed E-state index contributed by atoms with van der Waals surface area (Å²) in [5.74, 6) is 1.58. The number of hydrogen-bond donors (Lipinski definition) is 1. The van der Waals surface area contributed by atoms with Crippen molar-refractivity contribution >= 4 is 5.71 Å². The highest BCUT2D eigenvalue weighted by Crippen LogP contribution is 2.36. The zero-order valence-electron chi connectivity index (χ0n) is 20.0. The van der Waals surface area contributed by atoms with Crippen molar-refractivity contribution in [3.63, 3.8) is 0 Å². The summed E-state index contributed by atoms with van der Waals surface area (Å²) in [6.07, 6.45) is -1.99. The van der Waals surface area contributed by atoms with Crippen molar-refractivity contribution in [2.75, 3.05) is 20.8 Å². The molecule has 36 heavy (non-hydrogen) atoms. The predicted molar refractivity (Wildman–Crippen MR) is 129 cm³/mol. The molecule has 2 heterocycles. The van der Waals surface area contributed by atoms with Gasteiger partial charge in [0, 0.05) is 35.7 Å². The normalized spacial score (nSPS) is 17.1. The molecule has 0 saturated heterocycles. The van der Waals surface area contributed by atoms with Crippen LogP contribution in [-0.4, -0.2) is 36.4 Å². The van der Waals surface area contributed by atoms with Crippen LogP contribution in [-0.2, 0) is 31.9 Å². The van der Waals surface area contributed by atoms with Gasteiger partial charge in [-0.3, -0.25) is 9.79 Å². The van der Waals surface area contributed by atoms with Gasteiger partial charge >= 0.3 is 6.18 Å². The summed E-state index contributed by atoms with van der Waals surface area (Å²) in [5.41, 5.74) is 3.39. The number of benzene rings is 2. The van der Waals surface area contributed by atoms with Gasteiger partial charge in [-0.05, 0) is 55.0 Å². The zero-order valence-corrected chi connectivity index (χ0v) is 20.0. The first kappa shape index (κ1) is 24.1. The molecule has 188 valence electrons. The first-order chi connectivity index (χ1) is 17.3. The Labute approximate surface area is 206 Å². The van der Waals surface area contributed by atoms with Gasteiger partial charge in [0.2, 0.25) is 0 Å². The summed E-state index contributed by atoms with van der Waals surface area (Å²) < 4.78 is 51.1. The van der Waals surface area contributed by atoms with Crippen LogP contribution in [0.1, 0.15) is 45.8 Å². The van der Waals surface area contributed by atoms with Crippen LogP contribution >= 0.6 is 0 Å². The highest BCUT2D eigenvalue weighted by molar-refractivity contribution is 6.05. The molecule has 1 unspecified atom stereocenters. The third-order valence-electron chi connectivity index (χ3n) is 6.95. The van der Waals surface area contributed by atoms with E-state index in [1.54, 1.807) is 20.3 Å². The Morgan fingerprint density at radius 1 is 1.08 bits per heavy atom. The van der Waals surface area contributed by atoms with Crippen LogP contribution in [0.4, 0.5) is 13.2 Å². The number of nitrogens with one attached hydrogen (secondary N) is 1. The van der Waals surface area contributed by atoms with Crippen LogP contribution in [0.25, 0.3) is 0 Å². The number of fused-ring (bicyclic) bond motifs is 2. The lowest BCUT2D eigenvalue weighted by Crippen LogP contribution is -2.32. The van der Waals surface area contributed by atoms with E-state index in [-0.39, 0.29) is 29.3 Å². The molecule has 1 N–H and O–H groups in total. The number of aromatic nitrogens is 2. The summed E-state index contributed by atoms with van der Waals surface area (Å²) in [4.78, 5) is 25.1. The molecule has 2 aliphatic rings. The summed E-state index contributed by atoms with van der Waals surface area (Å²) >= 11 is 0.